The first-order chi connectivity index (χ1) is 9.06. The number of hydrogen-bond donors (Lipinski definition) is 2. The van der Waals surface area contributed by atoms with E-state index in [9.17, 15) is 9.59 Å². The van der Waals surface area contributed by atoms with Gasteiger partial charge >= 0.3 is 5.97 Å². The van der Waals surface area contributed by atoms with E-state index < -0.39 is 11.9 Å². The van der Waals surface area contributed by atoms with E-state index in [1.165, 1.54) is 0 Å². The average Bonchev–Trinajstić information content (AvgIpc) is 2.98. The molecule has 2 aromatic heterocycles. The third kappa shape index (κ3) is 3.65. The SMILES string of the molecule is O=C(NCCc1ccc(Br)s1)c1cc(C(=O)O)on1. The van der Waals surface area contributed by atoms with Crippen LogP contribution in [0.1, 0.15) is 25.9 Å². The van der Waals surface area contributed by atoms with Gasteiger partial charge in [0.2, 0.25) is 5.76 Å². The number of nitrogens with one attached hydrogen (secondary N) is 1. The zero-order valence-electron chi connectivity index (χ0n) is 9.55. The molecule has 0 aliphatic heterocycles. The highest BCUT2D eigenvalue weighted by atomic mass is 79.9. The van der Waals surface area contributed by atoms with Crippen LogP contribution in [0.5, 0.6) is 0 Å². The predicted octanol–water partition coefficient (Wildman–Crippen LogP) is 2.17. The average molecular weight is 345 g/mol. The molecule has 0 fully saturated rings. The number of aromatic carboxylic acids is 1. The molecule has 8 heteroatoms. The van der Waals surface area contributed by atoms with Crippen molar-refractivity contribution in [1.82, 2.24) is 10.5 Å². The van der Waals surface area contributed by atoms with Gasteiger partial charge in [-0.3, -0.25) is 4.79 Å². The maximum Gasteiger partial charge on any atom is 0.374 e. The highest BCUT2D eigenvalue weighted by Crippen LogP contribution is 2.22. The van der Waals surface area contributed by atoms with E-state index in [2.05, 4.69) is 30.9 Å². The van der Waals surface area contributed by atoms with E-state index in [0.29, 0.717) is 13.0 Å². The van der Waals surface area contributed by atoms with Crippen LogP contribution in [0.2, 0.25) is 0 Å². The summed E-state index contributed by atoms with van der Waals surface area (Å²) in [5, 5.41) is 14.7. The summed E-state index contributed by atoms with van der Waals surface area (Å²) in [6, 6.07) is 5.01. The summed E-state index contributed by atoms with van der Waals surface area (Å²) in [5.74, 6) is -2.06. The molecule has 0 spiro atoms. The highest BCUT2D eigenvalue weighted by Gasteiger charge is 2.16. The van der Waals surface area contributed by atoms with Gasteiger partial charge in [-0.1, -0.05) is 5.16 Å². The Kier molecular flexibility index (Phi) is 4.33. The molecule has 1 amide bonds. The smallest absolute Gasteiger partial charge is 0.374 e. The lowest BCUT2D eigenvalue weighted by atomic mass is 10.3. The lowest BCUT2D eigenvalue weighted by molar-refractivity contribution is 0.0651. The van der Waals surface area contributed by atoms with Gasteiger partial charge in [0.25, 0.3) is 5.91 Å². The molecule has 0 saturated carbocycles. The van der Waals surface area contributed by atoms with Crippen molar-refractivity contribution in [1.29, 1.82) is 0 Å². The number of aromatic nitrogens is 1. The van der Waals surface area contributed by atoms with Crippen molar-refractivity contribution in [2.75, 3.05) is 6.54 Å². The number of halogens is 1. The van der Waals surface area contributed by atoms with Gasteiger partial charge in [0.05, 0.1) is 3.79 Å². The van der Waals surface area contributed by atoms with E-state index in [-0.39, 0.29) is 11.5 Å². The van der Waals surface area contributed by atoms with Gasteiger partial charge < -0.3 is 14.9 Å². The molecule has 0 bridgehead atoms. The molecule has 19 heavy (non-hydrogen) atoms. The minimum atomic E-state index is -1.25. The minimum absolute atomic E-state index is 0.0373. The van der Waals surface area contributed by atoms with Crippen molar-refractivity contribution in [3.05, 3.63) is 38.3 Å². The molecule has 2 heterocycles. The van der Waals surface area contributed by atoms with Gasteiger partial charge in [0.15, 0.2) is 5.69 Å². The van der Waals surface area contributed by atoms with Gasteiger partial charge in [0, 0.05) is 17.5 Å². The molecule has 0 radical (unpaired) electrons. The maximum absolute atomic E-state index is 11.6. The molecule has 0 unspecified atom stereocenters. The number of carboxylic acid groups (broad SMARTS) is 1. The summed E-state index contributed by atoms with van der Waals surface area (Å²) in [4.78, 5) is 23.4. The van der Waals surface area contributed by atoms with Crippen LogP contribution in [0.4, 0.5) is 0 Å². The second kappa shape index (κ2) is 5.98. The number of rotatable bonds is 5. The van der Waals surface area contributed by atoms with Gasteiger partial charge in [-0.25, -0.2) is 4.79 Å². The van der Waals surface area contributed by atoms with Crippen molar-refractivity contribution >= 4 is 39.1 Å². The van der Waals surface area contributed by atoms with E-state index in [1.54, 1.807) is 11.3 Å². The Morgan fingerprint density at radius 1 is 1.47 bits per heavy atom. The molecule has 2 rings (SSSR count). The predicted molar refractivity (Wildman–Crippen MR) is 71.5 cm³/mol. The summed E-state index contributed by atoms with van der Waals surface area (Å²) in [7, 11) is 0. The van der Waals surface area contributed by atoms with Crippen LogP contribution in [-0.2, 0) is 6.42 Å². The number of carboxylic acids is 1. The van der Waals surface area contributed by atoms with Gasteiger partial charge in [-0.15, -0.1) is 11.3 Å². The fourth-order valence-electron chi connectivity index (χ4n) is 1.36. The fourth-order valence-corrected chi connectivity index (χ4v) is 2.84. The Balaban J connectivity index is 1.85. The Labute approximate surface area is 120 Å². The third-order valence-electron chi connectivity index (χ3n) is 2.24. The Morgan fingerprint density at radius 2 is 2.26 bits per heavy atom. The van der Waals surface area contributed by atoms with Crippen molar-refractivity contribution < 1.29 is 19.2 Å². The number of carbonyl (C=O) groups is 2. The zero-order valence-corrected chi connectivity index (χ0v) is 12.0. The Bertz CT molecular complexity index is 607. The summed E-state index contributed by atoms with van der Waals surface area (Å²) >= 11 is 4.96. The van der Waals surface area contributed by atoms with E-state index in [1.807, 2.05) is 12.1 Å². The zero-order chi connectivity index (χ0) is 13.8. The summed E-state index contributed by atoms with van der Waals surface area (Å²) in [6.45, 7) is 0.445. The molecule has 2 N–H and O–H groups in total. The van der Waals surface area contributed by atoms with Crippen LogP contribution in [0.25, 0.3) is 0 Å². The molecule has 100 valence electrons. The van der Waals surface area contributed by atoms with Gasteiger partial charge in [-0.05, 0) is 34.5 Å². The lowest BCUT2D eigenvalue weighted by Crippen LogP contribution is -2.25. The molecule has 0 aliphatic rings. The molecule has 0 aromatic carbocycles. The fraction of sp³-hybridized carbons (Fsp3) is 0.182. The molecule has 0 saturated heterocycles. The number of amides is 1. The van der Waals surface area contributed by atoms with Crippen LogP contribution in [0.15, 0.2) is 26.5 Å². The van der Waals surface area contributed by atoms with Crippen molar-refractivity contribution in [2.45, 2.75) is 6.42 Å². The molecule has 0 aliphatic carbocycles. The molecular formula is C11H9BrN2O4S. The second-order valence-corrected chi connectivity index (χ2v) is 6.14. The standard InChI is InChI=1S/C11H9BrN2O4S/c12-9-2-1-6(19-9)3-4-13-10(15)7-5-8(11(16)17)18-14-7/h1-2,5H,3-4H2,(H,13,15)(H,16,17). The van der Waals surface area contributed by atoms with E-state index in [0.717, 1.165) is 14.7 Å². The first kappa shape index (κ1) is 13.8. The highest BCUT2D eigenvalue weighted by molar-refractivity contribution is 9.11. The largest absolute Gasteiger partial charge is 0.475 e. The van der Waals surface area contributed by atoms with Crippen LogP contribution in [-0.4, -0.2) is 28.7 Å². The topological polar surface area (TPSA) is 92.4 Å². The number of nitrogens with zero attached hydrogens (tertiary/aromatic N) is 1. The first-order valence-corrected chi connectivity index (χ1v) is 6.89. The molecule has 6 nitrogen and oxygen atoms in total. The van der Waals surface area contributed by atoms with Crippen molar-refractivity contribution in [2.24, 2.45) is 0 Å². The number of carbonyl (C=O) groups excluding carboxylic acids is 1. The summed E-state index contributed by atoms with van der Waals surface area (Å²) in [5.41, 5.74) is -0.0373. The van der Waals surface area contributed by atoms with Crippen LogP contribution in [0.3, 0.4) is 0 Å². The van der Waals surface area contributed by atoms with E-state index in [4.69, 9.17) is 5.11 Å². The monoisotopic (exact) mass is 344 g/mol. The van der Waals surface area contributed by atoms with Crippen LogP contribution >= 0.6 is 27.3 Å². The Morgan fingerprint density at radius 3 is 2.84 bits per heavy atom. The molecular weight excluding hydrogens is 336 g/mol. The van der Waals surface area contributed by atoms with E-state index >= 15 is 0 Å². The number of thiophene rings is 1. The Hall–Kier alpha value is -1.67. The van der Waals surface area contributed by atoms with Gasteiger partial charge in [0.1, 0.15) is 0 Å². The lowest BCUT2D eigenvalue weighted by Gasteiger charge is -2.00. The van der Waals surface area contributed by atoms with Crippen molar-refractivity contribution in [3.63, 3.8) is 0 Å². The summed E-state index contributed by atoms with van der Waals surface area (Å²) in [6.07, 6.45) is 0.700. The second-order valence-electron chi connectivity index (χ2n) is 3.59. The third-order valence-corrected chi connectivity index (χ3v) is 3.92. The van der Waals surface area contributed by atoms with Crippen molar-refractivity contribution in [3.8, 4) is 0 Å². The first-order valence-electron chi connectivity index (χ1n) is 5.28. The molecule has 2 aromatic rings. The maximum atomic E-state index is 11.6. The molecule has 0 atom stereocenters. The minimum Gasteiger partial charge on any atom is -0.475 e. The quantitative estimate of drug-likeness (QED) is 0.866. The van der Waals surface area contributed by atoms with Crippen LogP contribution in [0, 0.1) is 0 Å². The summed E-state index contributed by atoms with van der Waals surface area (Å²) < 4.78 is 5.54. The van der Waals surface area contributed by atoms with Gasteiger partial charge in [-0.2, -0.15) is 0 Å². The normalized spacial score (nSPS) is 10.4. The van der Waals surface area contributed by atoms with Crippen LogP contribution < -0.4 is 5.32 Å². The number of hydrogen-bond acceptors (Lipinski definition) is 5.